The van der Waals surface area contributed by atoms with Gasteiger partial charge >= 0.3 is 0 Å². The number of hydrogen-bond donors (Lipinski definition) is 1. The average Bonchev–Trinajstić information content (AvgIpc) is 2.74. The third-order valence-corrected chi connectivity index (χ3v) is 5.83. The van der Waals surface area contributed by atoms with Gasteiger partial charge in [0.2, 0.25) is 11.8 Å². The molecule has 0 atom stereocenters. The number of hydrogen-bond acceptors (Lipinski definition) is 5. The van der Waals surface area contributed by atoms with Gasteiger partial charge in [-0.1, -0.05) is 32.0 Å². The zero-order chi connectivity index (χ0) is 21.5. The maximum absolute atomic E-state index is 12.5. The summed E-state index contributed by atoms with van der Waals surface area (Å²) in [7, 11) is 1.60. The summed E-state index contributed by atoms with van der Waals surface area (Å²) < 4.78 is 11.2. The molecule has 160 valence electrons. The highest BCUT2D eigenvalue weighted by molar-refractivity contribution is 8.00. The predicted octanol–water partition coefficient (Wildman–Crippen LogP) is 3.88. The standard InChI is InChI=1S/C23H28N2O4S/c1-16(2)10-11-29-19-9-8-17(12-20(19)28-3)13-24-22(26)14-25-18-6-4-5-7-21(18)30-15-23(25)27/h4-9,12,16H,10-11,13-15H2,1-3H3,(H,24,26). The van der Waals surface area contributed by atoms with Gasteiger partial charge in [-0.25, -0.2) is 0 Å². The first-order valence-corrected chi connectivity index (χ1v) is 11.0. The number of carbonyl (C=O) groups excluding carboxylic acids is 2. The smallest absolute Gasteiger partial charge is 0.240 e. The van der Waals surface area contributed by atoms with Gasteiger partial charge in [0.25, 0.3) is 0 Å². The molecule has 2 aromatic rings. The molecular formula is C23H28N2O4S. The molecule has 0 aromatic heterocycles. The number of benzene rings is 2. The lowest BCUT2D eigenvalue weighted by Crippen LogP contribution is -2.43. The van der Waals surface area contributed by atoms with E-state index in [-0.39, 0.29) is 18.4 Å². The van der Waals surface area contributed by atoms with Gasteiger partial charge in [0, 0.05) is 11.4 Å². The van der Waals surface area contributed by atoms with E-state index in [1.54, 1.807) is 12.0 Å². The van der Waals surface area contributed by atoms with Crippen LogP contribution in [-0.2, 0) is 16.1 Å². The maximum atomic E-state index is 12.5. The number of amides is 2. The van der Waals surface area contributed by atoms with Crippen molar-refractivity contribution in [2.45, 2.75) is 31.7 Å². The Kier molecular flexibility index (Phi) is 7.63. The number of nitrogens with zero attached hydrogens (tertiary/aromatic N) is 1. The molecule has 0 aliphatic carbocycles. The van der Waals surface area contributed by atoms with Crippen molar-refractivity contribution in [2.75, 3.05) is 30.9 Å². The van der Waals surface area contributed by atoms with Crippen molar-refractivity contribution in [3.05, 3.63) is 48.0 Å². The lowest BCUT2D eigenvalue weighted by molar-refractivity contribution is -0.123. The van der Waals surface area contributed by atoms with Crippen LogP contribution in [0.15, 0.2) is 47.4 Å². The summed E-state index contributed by atoms with van der Waals surface area (Å²) in [6, 6.07) is 13.3. The number of carbonyl (C=O) groups is 2. The first-order valence-electron chi connectivity index (χ1n) is 10.1. The molecule has 2 amide bonds. The van der Waals surface area contributed by atoms with Gasteiger partial charge in [-0.15, -0.1) is 11.8 Å². The zero-order valence-corrected chi connectivity index (χ0v) is 18.5. The van der Waals surface area contributed by atoms with Crippen LogP contribution in [0.4, 0.5) is 5.69 Å². The second-order valence-electron chi connectivity index (χ2n) is 7.53. The fraction of sp³-hybridized carbons (Fsp3) is 0.391. The topological polar surface area (TPSA) is 67.9 Å². The minimum absolute atomic E-state index is 0.00391. The average molecular weight is 429 g/mol. The fourth-order valence-electron chi connectivity index (χ4n) is 3.07. The van der Waals surface area contributed by atoms with Crippen molar-refractivity contribution >= 4 is 29.3 Å². The van der Waals surface area contributed by atoms with Gasteiger partial charge in [0.1, 0.15) is 6.54 Å². The lowest BCUT2D eigenvalue weighted by Gasteiger charge is -2.28. The maximum Gasteiger partial charge on any atom is 0.240 e. The summed E-state index contributed by atoms with van der Waals surface area (Å²) in [5.74, 6) is 1.99. The molecule has 1 N–H and O–H groups in total. The molecule has 0 saturated heterocycles. The first kappa shape index (κ1) is 22.0. The second-order valence-corrected chi connectivity index (χ2v) is 8.55. The molecular weight excluding hydrogens is 400 g/mol. The molecule has 7 heteroatoms. The van der Waals surface area contributed by atoms with Gasteiger partial charge in [0.15, 0.2) is 11.5 Å². The largest absolute Gasteiger partial charge is 0.493 e. The molecule has 3 rings (SSSR count). The van der Waals surface area contributed by atoms with Crippen molar-refractivity contribution in [3.63, 3.8) is 0 Å². The molecule has 0 unspecified atom stereocenters. The Bertz CT molecular complexity index is 901. The Morgan fingerprint density at radius 2 is 2.00 bits per heavy atom. The molecule has 1 aliphatic rings. The number of para-hydroxylation sites is 1. The number of methoxy groups -OCH3 is 1. The molecule has 0 bridgehead atoms. The van der Waals surface area contributed by atoms with Crippen LogP contribution < -0.4 is 19.7 Å². The third-order valence-electron chi connectivity index (χ3n) is 4.78. The van der Waals surface area contributed by atoms with Crippen molar-refractivity contribution in [3.8, 4) is 11.5 Å². The summed E-state index contributed by atoms with van der Waals surface area (Å²) >= 11 is 1.50. The number of fused-ring (bicyclic) bond motifs is 1. The van der Waals surface area contributed by atoms with E-state index in [2.05, 4.69) is 19.2 Å². The van der Waals surface area contributed by atoms with Crippen molar-refractivity contribution in [2.24, 2.45) is 5.92 Å². The van der Waals surface area contributed by atoms with Crippen LogP contribution in [0.5, 0.6) is 11.5 Å². The van der Waals surface area contributed by atoms with Crippen LogP contribution >= 0.6 is 11.8 Å². The summed E-state index contributed by atoms with van der Waals surface area (Å²) in [5.41, 5.74) is 1.69. The fourth-order valence-corrected chi connectivity index (χ4v) is 4.01. The molecule has 0 fully saturated rings. The number of rotatable bonds is 9. The van der Waals surface area contributed by atoms with E-state index in [0.717, 1.165) is 22.6 Å². The number of ether oxygens (including phenoxy) is 2. The second kappa shape index (κ2) is 10.4. The van der Waals surface area contributed by atoms with E-state index in [4.69, 9.17) is 9.47 Å². The zero-order valence-electron chi connectivity index (χ0n) is 17.6. The Balaban J connectivity index is 1.57. The lowest BCUT2D eigenvalue weighted by atomic mass is 10.1. The molecule has 0 saturated carbocycles. The van der Waals surface area contributed by atoms with Gasteiger partial charge in [-0.05, 0) is 42.2 Å². The van der Waals surface area contributed by atoms with Gasteiger partial charge in [0.05, 0.1) is 25.2 Å². The molecule has 0 spiro atoms. The Morgan fingerprint density at radius 3 is 2.77 bits per heavy atom. The van der Waals surface area contributed by atoms with E-state index in [1.165, 1.54) is 11.8 Å². The van der Waals surface area contributed by atoms with E-state index >= 15 is 0 Å². The summed E-state index contributed by atoms with van der Waals surface area (Å²) in [6.45, 7) is 5.29. The summed E-state index contributed by atoms with van der Waals surface area (Å²) in [4.78, 5) is 27.4. The normalized spacial score (nSPS) is 13.2. The van der Waals surface area contributed by atoms with Gasteiger partial charge in [-0.2, -0.15) is 0 Å². The van der Waals surface area contributed by atoms with Crippen molar-refractivity contribution in [1.82, 2.24) is 5.32 Å². The highest BCUT2D eigenvalue weighted by atomic mass is 32.2. The number of nitrogens with one attached hydrogen (secondary N) is 1. The number of thioether (sulfide) groups is 1. The van der Waals surface area contributed by atoms with E-state index in [9.17, 15) is 9.59 Å². The van der Waals surface area contributed by atoms with Crippen LogP contribution in [-0.4, -0.2) is 37.8 Å². The minimum atomic E-state index is -0.207. The quantitative estimate of drug-likeness (QED) is 0.657. The monoisotopic (exact) mass is 428 g/mol. The Morgan fingerprint density at radius 1 is 1.20 bits per heavy atom. The Hall–Kier alpha value is -2.67. The highest BCUT2D eigenvalue weighted by Crippen LogP contribution is 2.34. The van der Waals surface area contributed by atoms with E-state index < -0.39 is 0 Å². The van der Waals surface area contributed by atoms with Gasteiger partial charge < -0.3 is 19.7 Å². The Labute approximate surface area is 181 Å². The van der Waals surface area contributed by atoms with Crippen molar-refractivity contribution in [1.29, 1.82) is 0 Å². The molecule has 2 aromatic carbocycles. The molecule has 0 radical (unpaired) electrons. The van der Waals surface area contributed by atoms with Crippen molar-refractivity contribution < 1.29 is 19.1 Å². The van der Waals surface area contributed by atoms with E-state index in [1.807, 2.05) is 42.5 Å². The van der Waals surface area contributed by atoms with E-state index in [0.29, 0.717) is 36.3 Å². The molecule has 30 heavy (non-hydrogen) atoms. The van der Waals surface area contributed by atoms with Crippen LogP contribution in [0.25, 0.3) is 0 Å². The first-order chi connectivity index (χ1) is 14.5. The predicted molar refractivity (Wildman–Crippen MR) is 119 cm³/mol. The van der Waals surface area contributed by atoms with Crippen LogP contribution in [0.1, 0.15) is 25.8 Å². The SMILES string of the molecule is COc1cc(CNC(=O)CN2C(=O)CSc3ccccc32)ccc1OCCC(C)C. The summed E-state index contributed by atoms with van der Waals surface area (Å²) in [5, 5.41) is 2.89. The molecule has 1 aliphatic heterocycles. The van der Waals surface area contributed by atoms with Crippen LogP contribution in [0, 0.1) is 5.92 Å². The number of anilines is 1. The van der Waals surface area contributed by atoms with Crippen LogP contribution in [0.2, 0.25) is 0 Å². The van der Waals surface area contributed by atoms with Crippen LogP contribution in [0.3, 0.4) is 0 Å². The van der Waals surface area contributed by atoms with Gasteiger partial charge in [-0.3, -0.25) is 9.59 Å². The summed E-state index contributed by atoms with van der Waals surface area (Å²) in [6.07, 6.45) is 0.970. The highest BCUT2D eigenvalue weighted by Gasteiger charge is 2.26. The minimum Gasteiger partial charge on any atom is -0.493 e. The molecule has 6 nitrogen and oxygen atoms in total. The third kappa shape index (κ3) is 5.69. The molecule has 1 heterocycles.